The SMILES string of the molecule is Cc1ccccc1CNC(=O)N(S)c1ccc(O)c(Cl)c1. The minimum absolute atomic E-state index is 0.0394. The summed E-state index contributed by atoms with van der Waals surface area (Å²) in [7, 11) is 0. The molecule has 0 bridgehead atoms. The van der Waals surface area contributed by atoms with Gasteiger partial charge in [-0.3, -0.25) is 0 Å². The van der Waals surface area contributed by atoms with Gasteiger partial charge in [0.1, 0.15) is 5.75 Å². The zero-order valence-corrected chi connectivity index (χ0v) is 13.0. The number of carbonyl (C=O) groups excluding carboxylic acids is 1. The molecule has 2 rings (SSSR count). The van der Waals surface area contributed by atoms with Crippen molar-refractivity contribution in [1.29, 1.82) is 0 Å². The van der Waals surface area contributed by atoms with E-state index in [0.29, 0.717) is 12.2 Å². The number of nitrogens with zero attached hydrogens (tertiary/aromatic N) is 1. The molecule has 0 saturated carbocycles. The van der Waals surface area contributed by atoms with Crippen molar-refractivity contribution in [2.75, 3.05) is 4.31 Å². The number of amides is 2. The average Bonchev–Trinajstić information content (AvgIpc) is 2.48. The third-order valence-corrected chi connectivity index (χ3v) is 3.77. The van der Waals surface area contributed by atoms with E-state index < -0.39 is 0 Å². The van der Waals surface area contributed by atoms with Crippen LogP contribution in [0.3, 0.4) is 0 Å². The third kappa shape index (κ3) is 3.83. The molecule has 2 aromatic carbocycles. The second kappa shape index (κ2) is 6.74. The summed E-state index contributed by atoms with van der Waals surface area (Å²) in [6.45, 7) is 2.40. The highest BCUT2D eigenvalue weighted by Gasteiger charge is 2.13. The zero-order valence-electron chi connectivity index (χ0n) is 11.4. The van der Waals surface area contributed by atoms with Crippen molar-refractivity contribution >= 4 is 36.1 Å². The molecule has 21 heavy (non-hydrogen) atoms. The summed E-state index contributed by atoms with van der Waals surface area (Å²) in [6.07, 6.45) is 0. The highest BCUT2D eigenvalue weighted by Crippen LogP contribution is 2.28. The molecule has 0 unspecified atom stereocenters. The monoisotopic (exact) mass is 322 g/mol. The van der Waals surface area contributed by atoms with Gasteiger partial charge in [0.15, 0.2) is 0 Å². The molecule has 2 amide bonds. The summed E-state index contributed by atoms with van der Waals surface area (Å²) in [5.74, 6) is -0.0394. The van der Waals surface area contributed by atoms with Crippen molar-refractivity contribution < 1.29 is 9.90 Å². The number of hydrogen-bond donors (Lipinski definition) is 3. The number of carbonyl (C=O) groups is 1. The molecule has 0 aliphatic carbocycles. The molecule has 0 spiro atoms. The quantitative estimate of drug-likeness (QED) is 0.750. The maximum absolute atomic E-state index is 12.1. The number of phenolic OH excluding ortho intramolecular Hbond substituents is 1. The minimum Gasteiger partial charge on any atom is -0.506 e. The van der Waals surface area contributed by atoms with Gasteiger partial charge in [-0.05, 0) is 36.2 Å². The fourth-order valence-electron chi connectivity index (χ4n) is 1.80. The minimum atomic E-state index is -0.372. The van der Waals surface area contributed by atoms with Crippen molar-refractivity contribution in [2.45, 2.75) is 13.5 Å². The van der Waals surface area contributed by atoms with Crippen LogP contribution in [0.1, 0.15) is 11.1 Å². The Morgan fingerprint density at radius 3 is 2.71 bits per heavy atom. The molecular weight excluding hydrogens is 308 g/mol. The van der Waals surface area contributed by atoms with Gasteiger partial charge < -0.3 is 10.4 Å². The number of thiol groups is 1. The first-order valence-corrected chi connectivity index (χ1v) is 7.06. The number of urea groups is 1. The lowest BCUT2D eigenvalue weighted by molar-refractivity contribution is 0.249. The van der Waals surface area contributed by atoms with E-state index in [4.69, 9.17) is 11.6 Å². The number of halogens is 1. The molecule has 0 heterocycles. The fraction of sp³-hybridized carbons (Fsp3) is 0.133. The fourth-order valence-corrected chi connectivity index (χ4v) is 2.17. The maximum atomic E-state index is 12.1. The smallest absolute Gasteiger partial charge is 0.332 e. The Morgan fingerprint density at radius 2 is 2.05 bits per heavy atom. The van der Waals surface area contributed by atoms with Crippen LogP contribution in [0.25, 0.3) is 0 Å². The number of phenols is 1. The van der Waals surface area contributed by atoms with E-state index in [1.54, 1.807) is 6.07 Å². The first-order chi connectivity index (χ1) is 9.99. The van der Waals surface area contributed by atoms with E-state index in [0.717, 1.165) is 15.4 Å². The first-order valence-electron chi connectivity index (χ1n) is 6.29. The Kier molecular flexibility index (Phi) is 4.98. The molecule has 0 saturated heterocycles. The predicted molar refractivity (Wildman–Crippen MR) is 88.0 cm³/mol. The number of benzene rings is 2. The van der Waals surface area contributed by atoms with Gasteiger partial charge in [0.2, 0.25) is 0 Å². The molecule has 6 heteroatoms. The van der Waals surface area contributed by atoms with E-state index in [1.165, 1.54) is 12.1 Å². The van der Waals surface area contributed by atoms with Gasteiger partial charge in [0.25, 0.3) is 0 Å². The lowest BCUT2D eigenvalue weighted by Crippen LogP contribution is -2.33. The zero-order chi connectivity index (χ0) is 15.4. The highest BCUT2D eigenvalue weighted by molar-refractivity contribution is 7.82. The van der Waals surface area contributed by atoms with Crippen molar-refractivity contribution in [3.05, 3.63) is 58.6 Å². The lowest BCUT2D eigenvalue weighted by atomic mass is 10.1. The van der Waals surface area contributed by atoms with Crippen LogP contribution in [0.4, 0.5) is 10.5 Å². The van der Waals surface area contributed by atoms with E-state index in [1.807, 2.05) is 31.2 Å². The second-order valence-corrected chi connectivity index (χ2v) is 5.34. The molecule has 0 aromatic heterocycles. The lowest BCUT2D eigenvalue weighted by Gasteiger charge is -2.17. The normalized spacial score (nSPS) is 10.2. The van der Waals surface area contributed by atoms with Gasteiger partial charge in [-0.2, -0.15) is 0 Å². The first kappa shape index (κ1) is 15.5. The van der Waals surface area contributed by atoms with Gasteiger partial charge in [-0.1, -0.05) is 48.7 Å². The van der Waals surface area contributed by atoms with Crippen LogP contribution in [0, 0.1) is 6.92 Å². The molecule has 0 aliphatic rings. The van der Waals surface area contributed by atoms with Crippen LogP contribution in [-0.2, 0) is 6.54 Å². The van der Waals surface area contributed by atoms with Gasteiger partial charge in [0, 0.05) is 6.54 Å². The maximum Gasteiger partial charge on any atom is 0.332 e. The van der Waals surface area contributed by atoms with Crippen molar-refractivity contribution in [1.82, 2.24) is 5.32 Å². The summed E-state index contributed by atoms with van der Waals surface area (Å²) in [5.41, 5.74) is 2.62. The van der Waals surface area contributed by atoms with E-state index >= 15 is 0 Å². The van der Waals surface area contributed by atoms with Crippen LogP contribution in [0.5, 0.6) is 5.75 Å². The van der Waals surface area contributed by atoms with Crippen molar-refractivity contribution in [3.63, 3.8) is 0 Å². The third-order valence-electron chi connectivity index (χ3n) is 3.06. The molecule has 0 fully saturated rings. The van der Waals surface area contributed by atoms with Crippen LogP contribution in [0.15, 0.2) is 42.5 Å². The predicted octanol–water partition coefficient (Wildman–Crippen LogP) is 3.92. The standard InChI is InChI=1S/C15H15ClN2O2S/c1-10-4-2-3-5-11(10)9-17-15(20)18(21)12-6-7-14(19)13(16)8-12/h2-8,19,21H,9H2,1H3,(H,17,20). The molecule has 4 nitrogen and oxygen atoms in total. The summed E-state index contributed by atoms with van der Waals surface area (Å²) < 4.78 is 1.14. The molecule has 0 aliphatic heterocycles. The Labute approximate surface area is 133 Å². The van der Waals surface area contributed by atoms with Crippen LogP contribution < -0.4 is 9.62 Å². The topological polar surface area (TPSA) is 52.6 Å². The van der Waals surface area contributed by atoms with Crippen LogP contribution in [-0.4, -0.2) is 11.1 Å². The van der Waals surface area contributed by atoms with E-state index in [2.05, 4.69) is 18.1 Å². The number of hydrogen-bond acceptors (Lipinski definition) is 3. The Morgan fingerprint density at radius 1 is 1.33 bits per heavy atom. The van der Waals surface area contributed by atoms with Gasteiger partial charge in [-0.15, -0.1) is 0 Å². The van der Waals surface area contributed by atoms with Crippen LogP contribution in [0.2, 0.25) is 5.02 Å². The second-order valence-electron chi connectivity index (χ2n) is 4.53. The van der Waals surface area contributed by atoms with Gasteiger partial charge in [0.05, 0.1) is 10.7 Å². The largest absolute Gasteiger partial charge is 0.506 e. The molecule has 0 radical (unpaired) electrons. The summed E-state index contributed by atoms with van der Waals surface area (Å²) >= 11 is 9.96. The van der Waals surface area contributed by atoms with Crippen molar-refractivity contribution in [3.8, 4) is 5.75 Å². The molecule has 0 atom stereocenters. The Hall–Kier alpha value is -1.85. The number of rotatable bonds is 3. The Bertz CT molecular complexity index is 664. The molecule has 2 N–H and O–H groups in total. The average molecular weight is 323 g/mol. The molecule has 110 valence electrons. The summed E-state index contributed by atoms with van der Waals surface area (Å²) in [6, 6.07) is 11.9. The van der Waals surface area contributed by atoms with E-state index in [9.17, 15) is 9.90 Å². The summed E-state index contributed by atoms with van der Waals surface area (Å²) in [5, 5.41) is 12.3. The molecule has 2 aromatic rings. The Balaban J connectivity index is 2.03. The molecular formula is C15H15ClN2O2S. The van der Waals surface area contributed by atoms with Gasteiger partial charge >= 0.3 is 6.03 Å². The van der Waals surface area contributed by atoms with Crippen LogP contribution >= 0.6 is 24.4 Å². The number of nitrogens with one attached hydrogen (secondary N) is 1. The number of anilines is 1. The van der Waals surface area contributed by atoms with Crippen molar-refractivity contribution in [2.24, 2.45) is 0 Å². The van der Waals surface area contributed by atoms with Gasteiger partial charge in [-0.25, -0.2) is 9.10 Å². The van der Waals surface area contributed by atoms with E-state index in [-0.39, 0.29) is 16.8 Å². The highest BCUT2D eigenvalue weighted by atomic mass is 35.5. The summed E-state index contributed by atoms with van der Waals surface area (Å²) in [4.78, 5) is 12.1. The number of aromatic hydroxyl groups is 1. The number of aryl methyl sites for hydroxylation is 1.